The van der Waals surface area contributed by atoms with E-state index >= 15 is 0 Å². The Kier molecular flexibility index (Phi) is 6.19. The first-order valence-corrected chi connectivity index (χ1v) is 9.41. The zero-order valence-electron chi connectivity index (χ0n) is 14.6. The molecular weight excluding hydrogens is 375 g/mol. The summed E-state index contributed by atoms with van der Waals surface area (Å²) in [4.78, 5) is 32.3. The van der Waals surface area contributed by atoms with E-state index in [-0.39, 0.29) is 22.1 Å². The second-order valence-electron chi connectivity index (χ2n) is 6.61. The fourth-order valence-corrected chi connectivity index (χ4v) is 3.69. The van der Waals surface area contributed by atoms with Gasteiger partial charge in [0.05, 0.1) is 15.9 Å². The van der Waals surface area contributed by atoms with Gasteiger partial charge in [0.1, 0.15) is 5.69 Å². The van der Waals surface area contributed by atoms with Gasteiger partial charge in [0.15, 0.2) is 5.43 Å². The van der Waals surface area contributed by atoms with E-state index in [4.69, 9.17) is 23.2 Å². The third kappa shape index (κ3) is 4.57. The maximum absolute atomic E-state index is 12.3. The van der Waals surface area contributed by atoms with Crippen molar-refractivity contribution in [2.75, 3.05) is 46.3 Å². The first-order chi connectivity index (χ1) is 12.4. The molecule has 3 rings (SSSR count). The lowest BCUT2D eigenvalue weighted by atomic mass is 10.2. The Bertz CT molecular complexity index is 860. The van der Waals surface area contributed by atoms with Gasteiger partial charge in [-0.05, 0) is 32.1 Å². The van der Waals surface area contributed by atoms with E-state index in [0.717, 1.165) is 39.1 Å². The number of amides is 1. The number of fused-ring (bicyclic) bond motifs is 1. The molecule has 0 unspecified atom stereocenters. The molecule has 0 atom stereocenters. The standard InChI is InChI=1S/C18H22Cl2N4O2/c1-23-5-7-24(8-6-23)4-2-3-21-18(26)15-11-16(25)17-13(20)9-12(19)10-14(17)22-15/h9-11H,2-8H2,1H3,(H,21,26)(H,22,25). The molecule has 1 aromatic carbocycles. The van der Waals surface area contributed by atoms with Crippen molar-refractivity contribution in [1.29, 1.82) is 0 Å². The Balaban J connectivity index is 1.59. The van der Waals surface area contributed by atoms with Gasteiger partial charge in [-0.25, -0.2) is 0 Å². The lowest BCUT2D eigenvalue weighted by molar-refractivity contribution is 0.0944. The van der Waals surface area contributed by atoms with Crippen LogP contribution < -0.4 is 10.7 Å². The summed E-state index contributed by atoms with van der Waals surface area (Å²) in [6.07, 6.45) is 0.866. The number of nitrogens with zero attached hydrogens (tertiary/aromatic N) is 2. The molecule has 1 amide bonds. The van der Waals surface area contributed by atoms with E-state index in [1.165, 1.54) is 12.1 Å². The van der Waals surface area contributed by atoms with Gasteiger partial charge in [-0.2, -0.15) is 0 Å². The Morgan fingerprint density at radius 3 is 2.65 bits per heavy atom. The van der Waals surface area contributed by atoms with Crippen LogP contribution in [-0.4, -0.2) is 67.0 Å². The van der Waals surface area contributed by atoms with Crippen molar-refractivity contribution in [3.05, 3.63) is 44.2 Å². The molecule has 1 aliphatic rings. The van der Waals surface area contributed by atoms with E-state index < -0.39 is 0 Å². The van der Waals surface area contributed by atoms with Crippen molar-refractivity contribution in [1.82, 2.24) is 20.1 Å². The predicted molar refractivity (Wildman–Crippen MR) is 105 cm³/mol. The number of benzene rings is 1. The Morgan fingerprint density at radius 1 is 1.19 bits per heavy atom. The molecule has 1 aromatic heterocycles. The number of nitrogens with one attached hydrogen (secondary N) is 2. The maximum atomic E-state index is 12.3. The molecule has 26 heavy (non-hydrogen) atoms. The zero-order chi connectivity index (χ0) is 18.7. The summed E-state index contributed by atoms with van der Waals surface area (Å²) in [5, 5.41) is 3.87. The van der Waals surface area contributed by atoms with Gasteiger partial charge in [-0.1, -0.05) is 23.2 Å². The molecule has 2 N–H and O–H groups in total. The number of H-pyrrole nitrogens is 1. The molecule has 140 valence electrons. The molecule has 8 heteroatoms. The van der Waals surface area contributed by atoms with E-state index in [2.05, 4.69) is 27.1 Å². The first kappa shape index (κ1) is 19.2. The van der Waals surface area contributed by atoms with Crippen molar-refractivity contribution in [2.24, 2.45) is 0 Å². The fraction of sp³-hybridized carbons (Fsp3) is 0.444. The average molecular weight is 397 g/mol. The second-order valence-corrected chi connectivity index (χ2v) is 7.46. The van der Waals surface area contributed by atoms with Crippen molar-refractivity contribution >= 4 is 40.0 Å². The average Bonchev–Trinajstić information content (AvgIpc) is 2.59. The third-order valence-electron chi connectivity index (χ3n) is 4.62. The van der Waals surface area contributed by atoms with Crippen molar-refractivity contribution in [2.45, 2.75) is 6.42 Å². The van der Waals surface area contributed by atoms with Crippen LogP contribution in [0.15, 0.2) is 23.0 Å². The Hall–Kier alpha value is -1.60. The van der Waals surface area contributed by atoms with Gasteiger partial charge in [-0.15, -0.1) is 0 Å². The minimum atomic E-state index is -0.307. The highest BCUT2D eigenvalue weighted by Gasteiger charge is 2.14. The minimum Gasteiger partial charge on any atom is -0.351 e. The summed E-state index contributed by atoms with van der Waals surface area (Å²) < 4.78 is 0. The van der Waals surface area contributed by atoms with Crippen LogP contribution in [0.2, 0.25) is 10.0 Å². The SMILES string of the molecule is CN1CCN(CCCNC(=O)c2cc(=O)c3c(Cl)cc(Cl)cc3[nH]2)CC1. The lowest BCUT2D eigenvalue weighted by Gasteiger charge is -2.32. The molecule has 1 saturated heterocycles. The number of halogens is 2. The van der Waals surface area contributed by atoms with Crippen LogP contribution in [0.4, 0.5) is 0 Å². The van der Waals surface area contributed by atoms with Crippen LogP contribution in [0, 0.1) is 0 Å². The Morgan fingerprint density at radius 2 is 1.92 bits per heavy atom. The zero-order valence-corrected chi connectivity index (χ0v) is 16.2. The molecule has 0 aliphatic carbocycles. The molecule has 1 fully saturated rings. The van der Waals surface area contributed by atoms with Crippen LogP contribution in [-0.2, 0) is 0 Å². The molecule has 2 aromatic rings. The predicted octanol–water partition coefficient (Wildman–Crippen LogP) is 2.20. The lowest BCUT2D eigenvalue weighted by Crippen LogP contribution is -2.45. The molecule has 0 radical (unpaired) electrons. The maximum Gasteiger partial charge on any atom is 0.267 e. The number of piperazine rings is 1. The topological polar surface area (TPSA) is 68.4 Å². The molecule has 0 spiro atoms. The van der Waals surface area contributed by atoms with Gasteiger partial charge in [-0.3, -0.25) is 9.59 Å². The van der Waals surface area contributed by atoms with E-state index in [1.807, 2.05) is 0 Å². The summed E-state index contributed by atoms with van der Waals surface area (Å²) >= 11 is 12.1. The second kappa shape index (κ2) is 8.39. The number of likely N-dealkylation sites (N-methyl/N-ethyl adjacent to an activating group) is 1. The number of carbonyl (C=O) groups is 1. The summed E-state index contributed by atoms with van der Waals surface area (Å²) in [5.41, 5.74) is 0.362. The summed E-state index contributed by atoms with van der Waals surface area (Å²) in [6, 6.07) is 4.38. The van der Waals surface area contributed by atoms with Gasteiger partial charge < -0.3 is 20.1 Å². The fourth-order valence-electron chi connectivity index (χ4n) is 3.10. The molecule has 2 heterocycles. The summed E-state index contributed by atoms with van der Waals surface area (Å²) in [7, 11) is 2.13. The number of aromatic amines is 1. The molecule has 6 nitrogen and oxygen atoms in total. The minimum absolute atomic E-state index is 0.209. The van der Waals surface area contributed by atoms with Gasteiger partial charge in [0, 0.05) is 43.8 Å². The number of hydrogen-bond donors (Lipinski definition) is 2. The normalized spacial score (nSPS) is 16.1. The highest BCUT2D eigenvalue weighted by atomic mass is 35.5. The van der Waals surface area contributed by atoms with Gasteiger partial charge >= 0.3 is 0 Å². The summed E-state index contributed by atoms with van der Waals surface area (Å²) in [5.74, 6) is -0.307. The van der Waals surface area contributed by atoms with Crippen LogP contribution in [0.3, 0.4) is 0 Å². The quantitative estimate of drug-likeness (QED) is 0.760. The molecule has 1 aliphatic heterocycles. The smallest absolute Gasteiger partial charge is 0.267 e. The van der Waals surface area contributed by atoms with E-state index in [1.54, 1.807) is 6.07 Å². The van der Waals surface area contributed by atoms with E-state index in [0.29, 0.717) is 22.5 Å². The number of pyridine rings is 1. The van der Waals surface area contributed by atoms with E-state index in [9.17, 15) is 9.59 Å². The highest BCUT2D eigenvalue weighted by molar-refractivity contribution is 6.38. The third-order valence-corrected chi connectivity index (χ3v) is 5.14. The monoisotopic (exact) mass is 396 g/mol. The van der Waals surface area contributed by atoms with Gasteiger partial charge in [0.2, 0.25) is 0 Å². The molecular formula is C18H22Cl2N4O2. The highest BCUT2D eigenvalue weighted by Crippen LogP contribution is 2.24. The van der Waals surface area contributed by atoms with Crippen molar-refractivity contribution < 1.29 is 4.79 Å². The van der Waals surface area contributed by atoms with Crippen LogP contribution >= 0.6 is 23.2 Å². The summed E-state index contributed by atoms with van der Waals surface area (Å²) in [6.45, 7) is 5.79. The molecule has 0 bridgehead atoms. The molecule has 0 saturated carbocycles. The van der Waals surface area contributed by atoms with Crippen molar-refractivity contribution in [3.8, 4) is 0 Å². The van der Waals surface area contributed by atoms with Crippen LogP contribution in [0.1, 0.15) is 16.9 Å². The number of aromatic nitrogens is 1. The number of carbonyl (C=O) groups excluding carboxylic acids is 1. The number of rotatable bonds is 5. The van der Waals surface area contributed by atoms with Crippen LogP contribution in [0.5, 0.6) is 0 Å². The largest absolute Gasteiger partial charge is 0.351 e. The Labute approximate surface area is 162 Å². The van der Waals surface area contributed by atoms with Gasteiger partial charge in [0.25, 0.3) is 5.91 Å². The van der Waals surface area contributed by atoms with Crippen molar-refractivity contribution in [3.63, 3.8) is 0 Å². The van der Waals surface area contributed by atoms with Crippen LogP contribution in [0.25, 0.3) is 10.9 Å². The number of hydrogen-bond acceptors (Lipinski definition) is 4. The first-order valence-electron chi connectivity index (χ1n) is 8.65.